The van der Waals surface area contributed by atoms with Crippen molar-refractivity contribution in [3.05, 3.63) is 36.0 Å². The van der Waals surface area contributed by atoms with Gasteiger partial charge in [0.1, 0.15) is 5.82 Å². The molecule has 2 heterocycles. The Labute approximate surface area is 168 Å². The van der Waals surface area contributed by atoms with E-state index in [9.17, 15) is 13.2 Å². The fraction of sp³-hybridized carbons (Fsp3) is 0.550. The number of rotatable bonds is 8. The van der Waals surface area contributed by atoms with Crippen LogP contribution in [0.5, 0.6) is 11.5 Å². The quantitative estimate of drug-likeness (QED) is 0.708. The van der Waals surface area contributed by atoms with E-state index in [1.165, 1.54) is 13.2 Å². The molecule has 1 aliphatic heterocycles. The topological polar surface area (TPSA) is 51.6 Å². The lowest BCUT2D eigenvalue weighted by molar-refractivity contribution is -0.153. The zero-order valence-electron chi connectivity index (χ0n) is 16.7. The van der Waals surface area contributed by atoms with Crippen molar-refractivity contribution in [2.24, 2.45) is 0 Å². The minimum absolute atomic E-state index is 0.0706. The van der Waals surface area contributed by atoms with Crippen molar-refractivity contribution < 1.29 is 22.6 Å². The average molecular weight is 412 g/mol. The smallest absolute Gasteiger partial charge is 0.422 e. The van der Waals surface area contributed by atoms with Gasteiger partial charge in [0.05, 0.1) is 19.3 Å². The van der Waals surface area contributed by atoms with Crippen molar-refractivity contribution in [3.63, 3.8) is 0 Å². The molecule has 0 saturated carbocycles. The zero-order chi connectivity index (χ0) is 20.9. The first-order valence-corrected chi connectivity index (χ1v) is 9.76. The molecule has 29 heavy (non-hydrogen) atoms. The second kappa shape index (κ2) is 9.39. The maximum absolute atomic E-state index is 12.4. The maximum Gasteiger partial charge on any atom is 0.422 e. The van der Waals surface area contributed by atoms with Gasteiger partial charge in [-0.15, -0.1) is 0 Å². The van der Waals surface area contributed by atoms with Gasteiger partial charge >= 0.3 is 6.18 Å². The van der Waals surface area contributed by atoms with E-state index < -0.39 is 12.8 Å². The van der Waals surface area contributed by atoms with Crippen molar-refractivity contribution >= 4 is 5.82 Å². The minimum atomic E-state index is -4.39. The Hall–Kier alpha value is -2.42. The molecule has 0 amide bonds. The predicted molar refractivity (Wildman–Crippen MR) is 104 cm³/mol. The summed E-state index contributed by atoms with van der Waals surface area (Å²) in [6.45, 7) is 4.52. The van der Waals surface area contributed by atoms with E-state index in [0.717, 1.165) is 43.9 Å². The highest BCUT2D eigenvalue weighted by Gasteiger charge is 2.29. The third-order valence-corrected chi connectivity index (χ3v) is 5.11. The summed E-state index contributed by atoms with van der Waals surface area (Å²) >= 11 is 0. The lowest BCUT2D eigenvalue weighted by Gasteiger charge is -2.31. The van der Waals surface area contributed by atoms with Crippen LogP contribution in [0.4, 0.5) is 19.0 Å². The number of hydrogen-bond acceptors (Lipinski definition) is 5. The van der Waals surface area contributed by atoms with Gasteiger partial charge in [-0.25, -0.2) is 4.68 Å². The number of piperidine rings is 1. The van der Waals surface area contributed by atoms with Crippen molar-refractivity contribution in [2.45, 2.75) is 38.5 Å². The van der Waals surface area contributed by atoms with Gasteiger partial charge in [-0.2, -0.15) is 18.3 Å². The molecule has 1 aliphatic rings. The molecule has 1 fully saturated rings. The molecular weight excluding hydrogens is 385 g/mol. The standard InChI is InChI=1S/C20H27F3N4O2/c1-3-26-10-7-16(8-11-26)27-19(6-9-25-27)24-13-15-4-5-17(18(12-15)28-2)29-14-20(21,22)23/h4-6,9,12,16,24H,3,7-8,10-11,13-14H2,1-2H3. The number of alkyl halides is 3. The molecule has 0 atom stereocenters. The normalized spacial score (nSPS) is 16.0. The summed E-state index contributed by atoms with van der Waals surface area (Å²) in [6, 6.07) is 7.20. The van der Waals surface area contributed by atoms with Crippen LogP contribution in [0, 0.1) is 0 Å². The predicted octanol–water partition coefficient (Wildman–Crippen LogP) is 4.10. The molecule has 6 nitrogen and oxygen atoms in total. The highest BCUT2D eigenvalue weighted by Crippen LogP contribution is 2.30. The summed E-state index contributed by atoms with van der Waals surface area (Å²) < 4.78 is 49.2. The number of halogens is 3. The van der Waals surface area contributed by atoms with Crippen molar-refractivity contribution in [1.29, 1.82) is 0 Å². The number of nitrogens with zero attached hydrogens (tertiary/aromatic N) is 3. The number of ether oxygens (including phenoxy) is 2. The van der Waals surface area contributed by atoms with Crippen LogP contribution in [-0.4, -0.2) is 54.2 Å². The number of likely N-dealkylation sites (tertiary alicyclic amines) is 1. The van der Waals surface area contributed by atoms with Crippen LogP contribution in [0.3, 0.4) is 0 Å². The molecule has 1 aromatic heterocycles. The first-order chi connectivity index (χ1) is 13.9. The number of aromatic nitrogens is 2. The van der Waals surface area contributed by atoms with Crippen LogP contribution in [0.1, 0.15) is 31.4 Å². The first-order valence-electron chi connectivity index (χ1n) is 9.76. The van der Waals surface area contributed by atoms with E-state index in [1.54, 1.807) is 18.3 Å². The molecule has 1 N–H and O–H groups in total. The fourth-order valence-electron chi connectivity index (χ4n) is 3.52. The van der Waals surface area contributed by atoms with Gasteiger partial charge in [0, 0.05) is 25.7 Å². The molecule has 0 bridgehead atoms. The lowest BCUT2D eigenvalue weighted by Crippen LogP contribution is -2.34. The van der Waals surface area contributed by atoms with Gasteiger partial charge in [0.25, 0.3) is 0 Å². The van der Waals surface area contributed by atoms with Crippen molar-refractivity contribution in [1.82, 2.24) is 14.7 Å². The van der Waals surface area contributed by atoms with E-state index in [4.69, 9.17) is 9.47 Å². The van der Waals surface area contributed by atoms with Crippen LogP contribution in [0.15, 0.2) is 30.5 Å². The Balaban J connectivity index is 1.61. The number of hydrogen-bond donors (Lipinski definition) is 1. The lowest BCUT2D eigenvalue weighted by atomic mass is 10.1. The van der Waals surface area contributed by atoms with E-state index in [2.05, 4.69) is 22.2 Å². The van der Waals surface area contributed by atoms with Gasteiger partial charge in [-0.05, 0) is 37.1 Å². The van der Waals surface area contributed by atoms with Crippen LogP contribution >= 0.6 is 0 Å². The summed E-state index contributed by atoms with van der Waals surface area (Å²) in [4.78, 5) is 2.43. The minimum Gasteiger partial charge on any atom is -0.493 e. The van der Waals surface area contributed by atoms with Gasteiger partial charge in [-0.3, -0.25) is 0 Å². The van der Waals surface area contributed by atoms with Gasteiger partial charge in [0.15, 0.2) is 18.1 Å². The number of anilines is 1. The second-order valence-electron chi connectivity index (χ2n) is 7.07. The molecule has 0 radical (unpaired) electrons. The monoisotopic (exact) mass is 412 g/mol. The summed E-state index contributed by atoms with van der Waals surface area (Å²) in [6.07, 6.45) is -0.493. The van der Waals surface area contributed by atoms with E-state index in [1.807, 2.05) is 10.7 Å². The zero-order valence-corrected chi connectivity index (χ0v) is 16.7. The molecule has 0 aliphatic carbocycles. The molecule has 2 aromatic rings. The maximum atomic E-state index is 12.4. The van der Waals surface area contributed by atoms with E-state index in [-0.39, 0.29) is 11.5 Å². The van der Waals surface area contributed by atoms with E-state index in [0.29, 0.717) is 12.6 Å². The highest BCUT2D eigenvalue weighted by molar-refractivity contribution is 5.44. The molecular formula is C20H27F3N4O2. The van der Waals surface area contributed by atoms with Crippen molar-refractivity contribution in [3.8, 4) is 11.5 Å². The third kappa shape index (κ3) is 5.79. The summed E-state index contributed by atoms with van der Waals surface area (Å²) in [5, 5.41) is 7.85. The molecule has 1 aromatic carbocycles. The Bertz CT molecular complexity index is 786. The molecule has 3 rings (SSSR count). The molecule has 0 unspecified atom stereocenters. The largest absolute Gasteiger partial charge is 0.493 e. The molecule has 9 heteroatoms. The summed E-state index contributed by atoms with van der Waals surface area (Å²) in [5.41, 5.74) is 0.870. The van der Waals surface area contributed by atoms with Gasteiger partial charge in [0.2, 0.25) is 0 Å². The van der Waals surface area contributed by atoms with E-state index >= 15 is 0 Å². The van der Waals surface area contributed by atoms with Gasteiger partial charge < -0.3 is 19.7 Å². The Morgan fingerprint density at radius 3 is 2.59 bits per heavy atom. The fourth-order valence-corrected chi connectivity index (χ4v) is 3.52. The van der Waals surface area contributed by atoms with Crippen molar-refractivity contribution in [2.75, 3.05) is 38.7 Å². The highest BCUT2D eigenvalue weighted by atomic mass is 19.4. The molecule has 0 spiro atoms. The molecule has 160 valence electrons. The van der Waals surface area contributed by atoms with Gasteiger partial charge in [-0.1, -0.05) is 13.0 Å². The second-order valence-corrected chi connectivity index (χ2v) is 7.07. The average Bonchev–Trinajstić information content (AvgIpc) is 3.19. The Morgan fingerprint density at radius 2 is 1.93 bits per heavy atom. The molecule has 1 saturated heterocycles. The third-order valence-electron chi connectivity index (χ3n) is 5.11. The summed E-state index contributed by atoms with van der Waals surface area (Å²) in [7, 11) is 1.41. The Kier molecular flexibility index (Phi) is 6.89. The SMILES string of the molecule is CCN1CCC(n2nccc2NCc2ccc(OCC(F)(F)F)c(OC)c2)CC1. The number of methoxy groups -OCH3 is 1. The van der Waals surface area contributed by atoms with Crippen LogP contribution in [0.2, 0.25) is 0 Å². The Morgan fingerprint density at radius 1 is 1.17 bits per heavy atom. The van der Waals surface area contributed by atoms with Crippen LogP contribution < -0.4 is 14.8 Å². The van der Waals surface area contributed by atoms with Crippen LogP contribution in [-0.2, 0) is 6.54 Å². The number of benzene rings is 1. The summed E-state index contributed by atoms with van der Waals surface area (Å²) in [5.74, 6) is 1.27. The first kappa shape index (κ1) is 21.3. The number of nitrogens with one attached hydrogen (secondary N) is 1. The van der Waals surface area contributed by atoms with Crippen LogP contribution in [0.25, 0.3) is 0 Å².